The quantitative estimate of drug-likeness (QED) is 0.104. The second kappa shape index (κ2) is 17.6. The third-order valence-corrected chi connectivity index (χ3v) is 9.51. The molecule has 3 atom stereocenters. The van der Waals surface area contributed by atoms with E-state index < -0.39 is 30.1 Å². The van der Waals surface area contributed by atoms with Gasteiger partial charge >= 0.3 is 0 Å². The number of aliphatic hydroxyl groups is 1. The molecule has 0 radical (unpaired) electrons. The van der Waals surface area contributed by atoms with E-state index in [2.05, 4.69) is 0 Å². The SMILES string of the molecule is COc1ccc(C2(O)OC(COCc3ccccc3)CC(OCc3ccccc3)C2(OCc2ccccc2)OCc2ccccc2)cc1C1OCCO1. The Labute approximate surface area is 310 Å². The molecule has 2 aliphatic rings. The summed E-state index contributed by atoms with van der Waals surface area (Å²) in [4.78, 5) is 0. The summed E-state index contributed by atoms with van der Waals surface area (Å²) in [5.74, 6) is -3.59. The van der Waals surface area contributed by atoms with Crippen molar-refractivity contribution in [3.8, 4) is 5.75 Å². The molecule has 0 saturated carbocycles. The van der Waals surface area contributed by atoms with E-state index in [9.17, 15) is 5.11 Å². The number of hydrogen-bond donors (Lipinski definition) is 1. The fourth-order valence-electron chi connectivity index (χ4n) is 6.81. The van der Waals surface area contributed by atoms with Crippen molar-refractivity contribution in [3.05, 3.63) is 173 Å². The van der Waals surface area contributed by atoms with E-state index in [0.717, 1.165) is 22.3 Å². The van der Waals surface area contributed by atoms with Gasteiger partial charge in [0, 0.05) is 12.0 Å². The average molecular weight is 719 g/mol. The molecule has 2 fully saturated rings. The molecule has 0 aliphatic carbocycles. The van der Waals surface area contributed by atoms with E-state index in [1.54, 1.807) is 25.3 Å². The van der Waals surface area contributed by atoms with Crippen molar-refractivity contribution in [2.45, 2.75) is 62.9 Å². The van der Waals surface area contributed by atoms with Crippen LogP contribution in [0.1, 0.15) is 46.1 Å². The van der Waals surface area contributed by atoms with E-state index in [1.807, 2.05) is 121 Å². The topological polar surface area (TPSA) is 94.1 Å². The molecule has 5 aromatic carbocycles. The second-order valence-corrected chi connectivity index (χ2v) is 13.2. The third-order valence-electron chi connectivity index (χ3n) is 9.51. The highest BCUT2D eigenvalue weighted by Gasteiger charge is 2.65. The maximum Gasteiger partial charge on any atom is 0.256 e. The fourth-order valence-corrected chi connectivity index (χ4v) is 6.81. The molecule has 9 nitrogen and oxygen atoms in total. The van der Waals surface area contributed by atoms with Gasteiger partial charge in [0.25, 0.3) is 11.6 Å². The van der Waals surface area contributed by atoms with Crippen molar-refractivity contribution in [1.29, 1.82) is 0 Å². The molecule has 2 aliphatic heterocycles. The van der Waals surface area contributed by atoms with E-state index in [4.69, 9.17) is 37.9 Å². The van der Waals surface area contributed by atoms with Gasteiger partial charge in [0.15, 0.2) is 6.29 Å². The van der Waals surface area contributed by atoms with Crippen LogP contribution in [-0.2, 0) is 65.4 Å². The average Bonchev–Trinajstić information content (AvgIpc) is 3.76. The van der Waals surface area contributed by atoms with Crippen LogP contribution in [0.15, 0.2) is 140 Å². The lowest BCUT2D eigenvalue weighted by atomic mass is 9.84. The van der Waals surface area contributed by atoms with Crippen molar-refractivity contribution in [3.63, 3.8) is 0 Å². The molecule has 2 saturated heterocycles. The first-order chi connectivity index (χ1) is 26.1. The predicted molar refractivity (Wildman–Crippen MR) is 197 cm³/mol. The number of hydrogen-bond acceptors (Lipinski definition) is 9. The van der Waals surface area contributed by atoms with Crippen LogP contribution < -0.4 is 4.74 Å². The Bertz CT molecular complexity index is 1790. The minimum atomic E-state index is -2.24. The van der Waals surface area contributed by atoms with Gasteiger partial charge in [-0.25, -0.2) is 0 Å². The highest BCUT2D eigenvalue weighted by atomic mass is 16.8. The first-order valence-corrected chi connectivity index (χ1v) is 18.0. The van der Waals surface area contributed by atoms with E-state index in [1.165, 1.54) is 0 Å². The van der Waals surface area contributed by atoms with Crippen LogP contribution in [0.25, 0.3) is 0 Å². The smallest absolute Gasteiger partial charge is 0.256 e. The fraction of sp³-hybridized carbons (Fsp3) is 0.318. The van der Waals surface area contributed by atoms with Gasteiger partial charge in [-0.2, -0.15) is 0 Å². The maximum atomic E-state index is 13.5. The van der Waals surface area contributed by atoms with Gasteiger partial charge < -0.3 is 43.0 Å². The zero-order valence-corrected chi connectivity index (χ0v) is 29.9. The molecule has 53 heavy (non-hydrogen) atoms. The zero-order chi connectivity index (χ0) is 36.4. The Balaban J connectivity index is 1.33. The monoisotopic (exact) mass is 718 g/mol. The molecule has 0 aromatic heterocycles. The summed E-state index contributed by atoms with van der Waals surface area (Å²) < 4.78 is 51.3. The molecule has 3 unspecified atom stereocenters. The molecule has 0 bridgehead atoms. The van der Waals surface area contributed by atoms with Gasteiger partial charge in [0.1, 0.15) is 11.9 Å². The lowest BCUT2D eigenvalue weighted by Crippen LogP contribution is -2.69. The largest absolute Gasteiger partial charge is 0.496 e. The Morgan fingerprint density at radius 1 is 0.642 bits per heavy atom. The van der Waals surface area contributed by atoms with Crippen LogP contribution in [0.5, 0.6) is 5.75 Å². The minimum absolute atomic E-state index is 0.0968. The molecular formula is C44H46O9. The summed E-state index contributed by atoms with van der Waals surface area (Å²) in [7, 11) is 1.59. The lowest BCUT2D eigenvalue weighted by Gasteiger charge is -2.54. The second-order valence-electron chi connectivity index (χ2n) is 13.2. The first kappa shape index (κ1) is 36.9. The van der Waals surface area contributed by atoms with Crippen molar-refractivity contribution in [2.24, 2.45) is 0 Å². The van der Waals surface area contributed by atoms with Crippen LogP contribution in [0.3, 0.4) is 0 Å². The highest BCUT2D eigenvalue weighted by molar-refractivity contribution is 5.41. The normalized spacial score (nSPS) is 21.4. The summed E-state index contributed by atoms with van der Waals surface area (Å²) in [5.41, 5.74) is 4.71. The molecular weight excluding hydrogens is 672 g/mol. The van der Waals surface area contributed by atoms with Crippen LogP contribution in [-0.4, -0.2) is 50.0 Å². The Morgan fingerprint density at radius 2 is 1.15 bits per heavy atom. The van der Waals surface area contributed by atoms with Crippen molar-refractivity contribution in [2.75, 3.05) is 26.9 Å². The molecule has 7 rings (SSSR count). The van der Waals surface area contributed by atoms with Gasteiger partial charge in [-0.15, -0.1) is 0 Å². The lowest BCUT2D eigenvalue weighted by molar-refractivity contribution is -0.471. The molecule has 9 heteroatoms. The van der Waals surface area contributed by atoms with E-state index in [0.29, 0.717) is 43.1 Å². The highest BCUT2D eigenvalue weighted by Crippen LogP contribution is 2.50. The van der Waals surface area contributed by atoms with Crippen molar-refractivity contribution >= 4 is 0 Å². The molecule has 0 spiro atoms. The van der Waals surface area contributed by atoms with Gasteiger partial charge in [0.05, 0.1) is 65.0 Å². The number of benzene rings is 5. The van der Waals surface area contributed by atoms with E-state index >= 15 is 0 Å². The Morgan fingerprint density at radius 3 is 1.68 bits per heavy atom. The van der Waals surface area contributed by atoms with Gasteiger partial charge in [-0.3, -0.25) is 0 Å². The van der Waals surface area contributed by atoms with Crippen molar-refractivity contribution in [1.82, 2.24) is 0 Å². The van der Waals surface area contributed by atoms with Crippen molar-refractivity contribution < 1.29 is 43.0 Å². The van der Waals surface area contributed by atoms with Gasteiger partial charge in [-0.1, -0.05) is 121 Å². The molecule has 2 heterocycles. The summed E-state index contributed by atoms with van der Waals surface area (Å²) >= 11 is 0. The summed E-state index contributed by atoms with van der Waals surface area (Å²) in [6.45, 7) is 1.84. The number of ether oxygens (including phenoxy) is 8. The molecule has 276 valence electrons. The van der Waals surface area contributed by atoms with Gasteiger partial charge in [-0.05, 0) is 40.5 Å². The minimum Gasteiger partial charge on any atom is -0.496 e. The summed E-state index contributed by atoms with van der Waals surface area (Å²) in [6, 6.07) is 44.7. The van der Waals surface area contributed by atoms with Crippen LogP contribution in [0, 0.1) is 0 Å². The number of methoxy groups -OCH3 is 1. The Kier molecular flexibility index (Phi) is 12.3. The van der Waals surface area contributed by atoms with Crippen LogP contribution in [0.4, 0.5) is 0 Å². The van der Waals surface area contributed by atoms with Gasteiger partial charge in [0.2, 0.25) is 0 Å². The molecule has 5 aromatic rings. The zero-order valence-electron chi connectivity index (χ0n) is 29.9. The molecule has 0 amide bonds. The maximum absolute atomic E-state index is 13.5. The first-order valence-electron chi connectivity index (χ1n) is 18.0. The summed E-state index contributed by atoms with van der Waals surface area (Å²) in [6.07, 6.45) is -1.87. The Hall–Kier alpha value is -4.42. The number of rotatable bonds is 16. The van der Waals surface area contributed by atoms with E-state index in [-0.39, 0.29) is 26.4 Å². The third kappa shape index (κ3) is 8.70. The standard InChI is InChI=1S/C44H46O9/c1-46-40-23-22-37(26-39(40)42-48-24-25-49-42)43(45)44(51-30-35-18-10-4-11-19-35,52-31-36-20-12-5-13-21-36)41(50-29-34-16-8-3-9-17-34)27-38(53-43)32-47-28-33-14-6-2-7-15-33/h2-23,26,38,41-42,45H,24-25,27-32H2,1H3. The summed E-state index contributed by atoms with van der Waals surface area (Å²) in [5, 5.41) is 13.5. The van der Waals surface area contributed by atoms with Crippen LogP contribution in [0.2, 0.25) is 0 Å². The van der Waals surface area contributed by atoms with Crippen LogP contribution >= 0.6 is 0 Å². The predicted octanol–water partition coefficient (Wildman–Crippen LogP) is 7.61. The molecule has 1 N–H and O–H groups in total.